The fraction of sp³-hybridized carbons (Fsp3) is 0.542. The fourth-order valence-corrected chi connectivity index (χ4v) is 4.99. The third-order valence-corrected chi connectivity index (χ3v) is 6.76. The first kappa shape index (κ1) is 20.2. The molecular formula is C24H32N2O3. The molecule has 4 rings (SSSR count). The van der Waals surface area contributed by atoms with E-state index < -0.39 is 11.5 Å². The maximum Gasteiger partial charge on any atom is 0.233 e. The molecule has 1 aliphatic carbocycles. The molecule has 0 bridgehead atoms. The summed E-state index contributed by atoms with van der Waals surface area (Å²) in [6.07, 6.45) is 6.07. The van der Waals surface area contributed by atoms with Crippen molar-refractivity contribution in [2.45, 2.75) is 62.5 Å². The topological polar surface area (TPSA) is 75.8 Å². The molecule has 2 aliphatic rings. The highest BCUT2D eigenvalue weighted by molar-refractivity contribution is 5.89. The Hall–Kier alpha value is -2.11. The normalized spacial score (nSPS) is 21.1. The number of rotatable bonds is 4. The van der Waals surface area contributed by atoms with Gasteiger partial charge in [0.2, 0.25) is 5.91 Å². The summed E-state index contributed by atoms with van der Waals surface area (Å²) in [7, 11) is 1.66. The van der Waals surface area contributed by atoms with E-state index in [1.165, 1.54) is 0 Å². The van der Waals surface area contributed by atoms with Crippen LogP contribution in [0.2, 0.25) is 0 Å². The first-order chi connectivity index (χ1) is 14.0. The summed E-state index contributed by atoms with van der Waals surface area (Å²) in [5.41, 5.74) is 5.97. The second-order valence-corrected chi connectivity index (χ2v) is 8.73. The number of carbonyl (C=O) groups excluding carboxylic acids is 1. The van der Waals surface area contributed by atoms with Crippen molar-refractivity contribution < 1.29 is 14.6 Å². The lowest BCUT2D eigenvalue weighted by Gasteiger charge is -2.42. The van der Waals surface area contributed by atoms with Crippen LogP contribution in [0.5, 0.6) is 5.75 Å². The number of hydrogen-bond donors (Lipinski definition) is 2. The summed E-state index contributed by atoms with van der Waals surface area (Å²) in [6, 6.07) is 12.2. The van der Waals surface area contributed by atoms with Crippen molar-refractivity contribution in [1.29, 1.82) is 0 Å². The minimum Gasteiger partial charge on any atom is -0.497 e. The van der Waals surface area contributed by atoms with E-state index >= 15 is 0 Å². The van der Waals surface area contributed by atoms with Gasteiger partial charge in [-0.05, 0) is 54.2 Å². The van der Waals surface area contributed by atoms with Crippen LogP contribution in [-0.4, -0.2) is 47.8 Å². The number of methoxy groups -OCH3 is 1. The molecule has 1 aliphatic heterocycles. The van der Waals surface area contributed by atoms with Crippen LogP contribution in [0.15, 0.2) is 36.4 Å². The lowest BCUT2D eigenvalue weighted by atomic mass is 9.71. The van der Waals surface area contributed by atoms with E-state index in [0.29, 0.717) is 25.9 Å². The predicted octanol–water partition coefficient (Wildman–Crippen LogP) is 3.58. The fourth-order valence-electron chi connectivity index (χ4n) is 4.99. The Kier molecular flexibility index (Phi) is 5.79. The summed E-state index contributed by atoms with van der Waals surface area (Å²) in [5, 5.41) is 13.7. The van der Waals surface area contributed by atoms with Gasteiger partial charge in [0.1, 0.15) is 5.75 Å². The second kappa shape index (κ2) is 8.33. The van der Waals surface area contributed by atoms with E-state index in [1.807, 2.05) is 35.2 Å². The van der Waals surface area contributed by atoms with Gasteiger partial charge in [0.05, 0.1) is 18.6 Å². The molecule has 1 unspecified atom stereocenters. The molecule has 0 spiro atoms. The molecule has 2 fully saturated rings. The van der Waals surface area contributed by atoms with Gasteiger partial charge in [0.25, 0.3) is 0 Å². The van der Waals surface area contributed by atoms with Gasteiger partial charge in [-0.3, -0.25) is 4.79 Å². The minimum absolute atomic E-state index is 0.0501. The highest BCUT2D eigenvalue weighted by Crippen LogP contribution is 2.42. The minimum atomic E-state index is -0.977. The average molecular weight is 397 g/mol. The third-order valence-electron chi connectivity index (χ3n) is 6.76. The van der Waals surface area contributed by atoms with Gasteiger partial charge < -0.3 is 20.5 Å². The molecule has 156 valence electrons. The Morgan fingerprint density at radius 2 is 1.76 bits per heavy atom. The maximum atomic E-state index is 13.7. The number of ether oxygens (including phenoxy) is 1. The zero-order chi connectivity index (χ0) is 20.4. The number of amides is 1. The summed E-state index contributed by atoms with van der Waals surface area (Å²) in [6.45, 7) is 1.36. The van der Waals surface area contributed by atoms with Crippen molar-refractivity contribution in [2.24, 2.45) is 5.73 Å². The number of nitrogens with zero attached hydrogens (tertiary/aromatic N) is 1. The second-order valence-electron chi connectivity index (χ2n) is 8.73. The standard InChI is InChI=1S/C24H32N2O3/c1-29-21-8-7-17-15-19(6-5-18(17)16-21)22(24(28)11-3-2-4-12-24)23(27)26-13-9-20(25)10-14-26/h5-8,15-16,20,22,28H,2-4,9-14,25H2,1H3. The van der Waals surface area contributed by atoms with Gasteiger partial charge in [-0.15, -0.1) is 0 Å². The summed E-state index contributed by atoms with van der Waals surface area (Å²) in [5.74, 6) is 0.339. The first-order valence-corrected chi connectivity index (χ1v) is 10.8. The Balaban J connectivity index is 1.71. The van der Waals surface area contributed by atoms with Crippen molar-refractivity contribution >= 4 is 16.7 Å². The van der Waals surface area contributed by atoms with Crippen LogP contribution in [0.25, 0.3) is 10.8 Å². The number of aliphatic hydroxyl groups is 1. The van der Waals surface area contributed by atoms with Crippen LogP contribution >= 0.6 is 0 Å². The van der Waals surface area contributed by atoms with E-state index in [1.54, 1.807) is 7.11 Å². The van der Waals surface area contributed by atoms with E-state index in [4.69, 9.17) is 10.5 Å². The Labute approximate surface area is 172 Å². The quantitative estimate of drug-likeness (QED) is 0.828. The zero-order valence-corrected chi connectivity index (χ0v) is 17.3. The molecule has 0 aromatic heterocycles. The monoisotopic (exact) mass is 396 g/mol. The number of carbonyl (C=O) groups is 1. The average Bonchev–Trinajstić information content (AvgIpc) is 2.74. The van der Waals surface area contributed by atoms with Crippen LogP contribution in [0.1, 0.15) is 56.4 Å². The van der Waals surface area contributed by atoms with Crippen LogP contribution in [0.3, 0.4) is 0 Å². The van der Waals surface area contributed by atoms with Crippen LogP contribution < -0.4 is 10.5 Å². The molecule has 1 saturated carbocycles. The number of likely N-dealkylation sites (tertiary alicyclic amines) is 1. The van der Waals surface area contributed by atoms with E-state index in [0.717, 1.165) is 54.2 Å². The molecule has 1 saturated heterocycles. The predicted molar refractivity (Wildman–Crippen MR) is 115 cm³/mol. The molecule has 5 nitrogen and oxygen atoms in total. The third kappa shape index (κ3) is 4.12. The largest absolute Gasteiger partial charge is 0.497 e. The summed E-state index contributed by atoms with van der Waals surface area (Å²) in [4.78, 5) is 15.6. The smallest absolute Gasteiger partial charge is 0.233 e. The highest BCUT2D eigenvalue weighted by atomic mass is 16.5. The zero-order valence-electron chi connectivity index (χ0n) is 17.3. The van der Waals surface area contributed by atoms with Gasteiger partial charge >= 0.3 is 0 Å². The highest BCUT2D eigenvalue weighted by Gasteiger charge is 2.45. The molecule has 29 heavy (non-hydrogen) atoms. The SMILES string of the molecule is COc1ccc2cc(C(C(=O)N3CCC(N)CC3)C3(O)CCCCC3)ccc2c1. The molecule has 3 N–H and O–H groups in total. The Morgan fingerprint density at radius 3 is 2.45 bits per heavy atom. The number of hydrogen-bond acceptors (Lipinski definition) is 4. The molecule has 1 atom stereocenters. The molecule has 2 aromatic rings. The van der Waals surface area contributed by atoms with Crippen molar-refractivity contribution in [3.63, 3.8) is 0 Å². The Bertz CT molecular complexity index is 868. The maximum absolute atomic E-state index is 13.7. The van der Waals surface area contributed by atoms with Gasteiger partial charge in [-0.1, -0.05) is 43.5 Å². The van der Waals surface area contributed by atoms with Gasteiger partial charge in [0, 0.05) is 19.1 Å². The molecule has 2 aromatic carbocycles. The van der Waals surface area contributed by atoms with E-state index in [9.17, 15) is 9.90 Å². The molecular weight excluding hydrogens is 364 g/mol. The van der Waals surface area contributed by atoms with Crippen molar-refractivity contribution in [3.8, 4) is 5.75 Å². The van der Waals surface area contributed by atoms with Crippen LogP contribution in [0, 0.1) is 0 Å². The van der Waals surface area contributed by atoms with E-state index in [2.05, 4.69) is 6.07 Å². The van der Waals surface area contributed by atoms with E-state index in [-0.39, 0.29) is 11.9 Å². The van der Waals surface area contributed by atoms with Gasteiger partial charge in [0.15, 0.2) is 0 Å². The first-order valence-electron chi connectivity index (χ1n) is 10.8. The number of piperidine rings is 1. The van der Waals surface area contributed by atoms with Gasteiger partial charge in [-0.25, -0.2) is 0 Å². The number of fused-ring (bicyclic) bond motifs is 1. The lowest BCUT2D eigenvalue weighted by molar-refractivity contribution is -0.142. The van der Waals surface area contributed by atoms with Crippen molar-refractivity contribution in [3.05, 3.63) is 42.0 Å². The van der Waals surface area contributed by atoms with Gasteiger partial charge in [-0.2, -0.15) is 0 Å². The summed E-state index contributed by atoms with van der Waals surface area (Å²) >= 11 is 0. The number of nitrogens with two attached hydrogens (primary N) is 1. The molecule has 5 heteroatoms. The molecule has 1 heterocycles. The van der Waals surface area contributed by atoms with Crippen molar-refractivity contribution in [1.82, 2.24) is 4.90 Å². The Morgan fingerprint density at radius 1 is 1.10 bits per heavy atom. The lowest BCUT2D eigenvalue weighted by Crippen LogP contribution is -2.51. The van der Waals surface area contributed by atoms with Crippen LogP contribution in [0.4, 0.5) is 0 Å². The van der Waals surface area contributed by atoms with Crippen molar-refractivity contribution in [2.75, 3.05) is 20.2 Å². The molecule has 1 amide bonds. The summed E-state index contributed by atoms with van der Waals surface area (Å²) < 4.78 is 5.33. The number of benzene rings is 2. The molecule has 0 radical (unpaired) electrons. The van der Waals surface area contributed by atoms with Crippen LogP contribution in [-0.2, 0) is 4.79 Å².